The summed E-state index contributed by atoms with van der Waals surface area (Å²) in [7, 11) is 0. The summed E-state index contributed by atoms with van der Waals surface area (Å²) in [6.07, 6.45) is 2.12. The van der Waals surface area contributed by atoms with Crippen molar-refractivity contribution < 1.29 is 4.39 Å². The largest absolute Gasteiger partial charge is 0.369 e. The third-order valence-corrected chi connectivity index (χ3v) is 4.39. The number of anilines is 1. The molecule has 146 valence electrons. The van der Waals surface area contributed by atoms with E-state index in [9.17, 15) is 4.39 Å². The first kappa shape index (κ1) is 23.2. The molecule has 0 N–H and O–H groups in total. The normalized spacial score (nSPS) is 10.2. The van der Waals surface area contributed by atoms with Gasteiger partial charge in [-0.05, 0) is 56.2 Å². The second-order valence-electron chi connectivity index (χ2n) is 6.32. The van der Waals surface area contributed by atoms with Crippen LogP contribution in [0.1, 0.15) is 55.9 Å². The fourth-order valence-electron chi connectivity index (χ4n) is 2.67. The van der Waals surface area contributed by atoms with E-state index < -0.39 is 5.82 Å². The van der Waals surface area contributed by atoms with E-state index in [1.807, 2.05) is 18.2 Å². The third-order valence-electron chi connectivity index (χ3n) is 4.39. The zero-order valence-corrected chi connectivity index (χ0v) is 16.8. The molecule has 0 amide bonds. The van der Waals surface area contributed by atoms with E-state index >= 15 is 0 Å². The van der Waals surface area contributed by atoms with E-state index in [0.29, 0.717) is 17.2 Å². The van der Waals surface area contributed by atoms with Gasteiger partial charge in [0.2, 0.25) is 0 Å². The highest BCUT2D eigenvalue weighted by atomic mass is 19.1. The minimum absolute atomic E-state index is 0.0764. The summed E-state index contributed by atoms with van der Waals surface area (Å²) < 4.78 is 12.4. The molecule has 0 spiro atoms. The van der Waals surface area contributed by atoms with Crippen LogP contribution in [-0.2, 0) is 0 Å². The van der Waals surface area contributed by atoms with Gasteiger partial charge in [-0.2, -0.15) is 21.0 Å². The number of nitriles is 4. The quantitative estimate of drug-likeness (QED) is 0.718. The van der Waals surface area contributed by atoms with Crippen LogP contribution in [0, 0.1) is 51.1 Å². The highest BCUT2D eigenvalue weighted by Gasteiger charge is 2.13. The maximum Gasteiger partial charge on any atom is 0.124 e. The summed E-state index contributed by atoms with van der Waals surface area (Å²) in [6, 6.07) is 17.0. The van der Waals surface area contributed by atoms with Gasteiger partial charge < -0.3 is 4.90 Å². The molecule has 0 bridgehead atoms. The molecule has 29 heavy (non-hydrogen) atoms. The van der Waals surface area contributed by atoms with E-state index in [1.54, 1.807) is 18.2 Å². The first-order valence-electron chi connectivity index (χ1n) is 9.26. The Morgan fingerprint density at radius 1 is 0.828 bits per heavy atom. The van der Waals surface area contributed by atoms with Crippen LogP contribution in [0.25, 0.3) is 0 Å². The number of hydrogen-bond donors (Lipinski definition) is 0. The van der Waals surface area contributed by atoms with Crippen LogP contribution < -0.4 is 4.90 Å². The van der Waals surface area contributed by atoms with Gasteiger partial charge in [-0.1, -0.05) is 13.8 Å². The zero-order valence-electron chi connectivity index (χ0n) is 16.8. The third kappa shape index (κ3) is 6.35. The maximum absolute atomic E-state index is 12.4. The van der Waals surface area contributed by atoms with Crippen LogP contribution in [-0.4, -0.2) is 12.6 Å². The number of rotatable bonds is 5. The van der Waals surface area contributed by atoms with Crippen molar-refractivity contribution in [1.82, 2.24) is 0 Å². The predicted octanol–water partition coefficient (Wildman–Crippen LogP) is 5.01. The van der Waals surface area contributed by atoms with Crippen molar-refractivity contribution in [3.05, 3.63) is 64.5 Å². The van der Waals surface area contributed by atoms with Gasteiger partial charge in [0, 0.05) is 18.3 Å². The Morgan fingerprint density at radius 2 is 1.34 bits per heavy atom. The Kier molecular flexibility index (Phi) is 9.40. The van der Waals surface area contributed by atoms with Crippen LogP contribution in [0.5, 0.6) is 0 Å². The number of nitrogens with zero attached hydrogens (tertiary/aromatic N) is 5. The fourth-order valence-corrected chi connectivity index (χ4v) is 2.67. The summed E-state index contributed by atoms with van der Waals surface area (Å²) in [5.74, 6) is -0.499. The summed E-state index contributed by atoms with van der Waals surface area (Å²) in [5.41, 5.74) is 2.21. The second kappa shape index (κ2) is 11.8. The molecule has 0 aliphatic heterocycles. The second-order valence-corrected chi connectivity index (χ2v) is 6.32. The average Bonchev–Trinajstić information content (AvgIpc) is 2.76. The molecule has 0 heterocycles. The van der Waals surface area contributed by atoms with Crippen molar-refractivity contribution in [1.29, 1.82) is 21.0 Å². The molecule has 0 aliphatic carbocycles. The molecule has 6 heteroatoms. The summed E-state index contributed by atoms with van der Waals surface area (Å²) in [6.45, 7) is 7.44. The molecule has 0 fully saturated rings. The van der Waals surface area contributed by atoms with E-state index in [0.717, 1.165) is 37.2 Å². The van der Waals surface area contributed by atoms with Crippen LogP contribution in [0.2, 0.25) is 0 Å². The molecule has 0 saturated carbocycles. The van der Waals surface area contributed by atoms with Gasteiger partial charge in [0.25, 0.3) is 0 Å². The molecular formula is C23H22FN5. The van der Waals surface area contributed by atoms with Gasteiger partial charge in [-0.3, -0.25) is 0 Å². The minimum Gasteiger partial charge on any atom is -0.369 e. The maximum atomic E-state index is 12.4. The average molecular weight is 387 g/mol. The SMILES string of the molecule is CCCN(c1ccc(C#N)c(C#N)c1)C(C)CC.N#Cc1ccc(F)cc1C#N. The number of benzene rings is 2. The Bertz CT molecular complexity index is 1000. The van der Waals surface area contributed by atoms with Gasteiger partial charge >= 0.3 is 0 Å². The van der Waals surface area contributed by atoms with E-state index in [4.69, 9.17) is 21.0 Å². The van der Waals surface area contributed by atoms with Gasteiger partial charge in [0.1, 0.15) is 30.1 Å². The lowest BCUT2D eigenvalue weighted by molar-refractivity contribution is 0.610. The van der Waals surface area contributed by atoms with Crippen LogP contribution in [0.4, 0.5) is 10.1 Å². The van der Waals surface area contributed by atoms with Crippen molar-refractivity contribution in [2.75, 3.05) is 11.4 Å². The smallest absolute Gasteiger partial charge is 0.124 e. The summed E-state index contributed by atoms with van der Waals surface area (Å²) in [5, 5.41) is 34.8. The highest BCUT2D eigenvalue weighted by molar-refractivity contribution is 5.58. The Balaban J connectivity index is 0.000000326. The van der Waals surface area contributed by atoms with Crippen molar-refractivity contribution in [2.24, 2.45) is 0 Å². The number of halogens is 1. The lowest BCUT2D eigenvalue weighted by atomic mass is 10.1. The topological polar surface area (TPSA) is 98.4 Å². The van der Waals surface area contributed by atoms with Gasteiger partial charge in [-0.15, -0.1) is 0 Å². The molecular weight excluding hydrogens is 365 g/mol. The summed E-state index contributed by atoms with van der Waals surface area (Å²) in [4.78, 5) is 2.29. The molecule has 1 atom stereocenters. The molecule has 5 nitrogen and oxygen atoms in total. The zero-order chi connectivity index (χ0) is 21.8. The minimum atomic E-state index is -0.499. The Morgan fingerprint density at radius 3 is 1.83 bits per heavy atom. The van der Waals surface area contributed by atoms with Gasteiger partial charge in [0.15, 0.2) is 0 Å². The predicted molar refractivity (Wildman–Crippen MR) is 109 cm³/mol. The summed E-state index contributed by atoms with van der Waals surface area (Å²) >= 11 is 0. The van der Waals surface area contributed by atoms with Crippen molar-refractivity contribution in [3.63, 3.8) is 0 Å². The lowest BCUT2D eigenvalue weighted by Crippen LogP contribution is -2.33. The Hall–Kier alpha value is -3.87. The number of hydrogen-bond acceptors (Lipinski definition) is 5. The lowest BCUT2D eigenvalue weighted by Gasteiger charge is -2.30. The van der Waals surface area contributed by atoms with Crippen molar-refractivity contribution in [2.45, 2.75) is 39.7 Å². The highest BCUT2D eigenvalue weighted by Crippen LogP contribution is 2.22. The van der Waals surface area contributed by atoms with Crippen LogP contribution in [0.3, 0.4) is 0 Å². The first-order valence-corrected chi connectivity index (χ1v) is 9.26. The fraction of sp³-hybridized carbons (Fsp3) is 0.304. The van der Waals surface area contributed by atoms with Crippen molar-refractivity contribution >= 4 is 5.69 Å². The molecule has 2 rings (SSSR count). The van der Waals surface area contributed by atoms with Gasteiger partial charge in [-0.25, -0.2) is 4.39 Å². The van der Waals surface area contributed by atoms with E-state index in [1.165, 1.54) is 6.07 Å². The first-order chi connectivity index (χ1) is 13.9. The molecule has 0 aliphatic rings. The standard InChI is InChI=1S/C15H19N3.C8H3FN2/c1-4-8-18(12(3)5-2)15-7-6-13(10-16)14(9-15)11-17;9-8-2-1-6(4-10)7(3-8)5-11/h6-7,9,12H,4-5,8H2,1-3H3;1-3H. The molecule has 2 aromatic rings. The monoisotopic (exact) mass is 387 g/mol. The van der Waals surface area contributed by atoms with Crippen LogP contribution >= 0.6 is 0 Å². The van der Waals surface area contributed by atoms with Crippen LogP contribution in [0.15, 0.2) is 36.4 Å². The molecule has 0 aromatic heterocycles. The molecule has 0 radical (unpaired) electrons. The van der Waals surface area contributed by atoms with Gasteiger partial charge in [0.05, 0.1) is 22.3 Å². The molecule has 2 aromatic carbocycles. The Labute approximate surface area is 171 Å². The van der Waals surface area contributed by atoms with Crippen molar-refractivity contribution in [3.8, 4) is 24.3 Å². The molecule has 1 unspecified atom stereocenters. The molecule has 0 saturated heterocycles. The van der Waals surface area contributed by atoms with E-state index in [2.05, 4.69) is 31.7 Å². The van der Waals surface area contributed by atoms with E-state index in [-0.39, 0.29) is 11.1 Å².